The van der Waals surface area contributed by atoms with Crippen LogP contribution in [-0.2, 0) is 16.0 Å². The number of ether oxygens (including phenoxy) is 1. The monoisotopic (exact) mass is 287 g/mol. The fourth-order valence-corrected chi connectivity index (χ4v) is 2.25. The Kier molecular flexibility index (Phi) is 4.93. The fourth-order valence-electron chi connectivity index (χ4n) is 2.25. The molecule has 4 heteroatoms. The van der Waals surface area contributed by atoms with E-state index < -0.39 is 17.8 Å². The minimum atomic E-state index is -0.733. The summed E-state index contributed by atoms with van der Waals surface area (Å²) in [6.45, 7) is 2.01. The predicted molar refractivity (Wildman–Crippen MR) is 80.6 cm³/mol. The van der Waals surface area contributed by atoms with E-state index in [0.717, 1.165) is 17.5 Å². The molecule has 2 aromatic rings. The number of anilines is 1. The van der Waals surface area contributed by atoms with Crippen molar-refractivity contribution in [2.24, 2.45) is 0 Å². The molecule has 2 rings (SSSR count). The van der Waals surface area contributed by atoms with Crippen LogP contribution in [0.1, 0.15) is 24.1 Å². The Bertz CT molecular complexity index is 628. The van der Waals surface area contributed by atoms with Gasteiger partial charge in [0.25, 0.3) is 0 Å². The lowest BCUT2D eigenvalue weighted by molar-refractivity contribution is -0.141. The van der Waals surface area contributed by atoms with Crippen LogP contribution in [-0.4, -0.2) is 13.1 Å². The molecule has 0 saturated carbocycles. The highest BCUT2D eigenvalue weighted by Gasteiger charge is 2.24. The highest BCUT2D eigenvalue weighted by atomic mass is 19.1. The van der Waals surface area contributed by atoms with Gasteiger partial charge >= 0.3 is 5.97 Å². The summed E-state index contributed by atoms with van der Waals surface area (Å²) in [5.41, 5.74) is 2.10. The molecule has 1 unspecified atom stereocenters. The van der Waals surface area contributed by atoms with E-state index in [-0.39, 0.29) is 5.69 Å². The number of halogens is 1. The fraction of sp³-hybridized carbons (Fsp3) is 0.235. The number of carbonyl (C=O) groups is 1. The first-order chi connectivity index (χ1) is 10.2. The molecule has 0 aliphatic carbocycles. The maximum absolute atomic E-state index is 13.8. The molecule has 0 radical (unpaired) electrons. The molecule has 0 heterocycles. The SMILES string of the molecule is CCc1ccccc1C(Nc1ccccc1F)C(=O)OC. The summed E-state index contributed by atoms with van der Waals surface area (Å²) in [6, 6.07) is 13.1. The van der Waals surface area contributed by atoms with Crippen molar-refractivity contribution in [1.82, 2.24) is 0 Å². The molecular formula is C17H18FNO2. The third-order valence-electron chi connectivity index (χ3n) is 3.36. The van der Waals surface area contributed by atoms with E-state index in [1.165, 1.54) is 13.2 Å². The van der Waals surface area contributed by atoms with Crippen LogP contribution in [0.2, 0.25) is 0 Å². The smallest absolute Gasteiger partial charge is 0.332 e. The Balaban J connectivity index is 2.40. The number of rotatable bonds is 5. The van der Waals surface area contributed by atoms with Crippen molar-refractivity contribution < 1.29 is 13.9 Å². The Morgan fingerprint density at radius 3 is 2.52 bits per heavy atom. The van der Waals surface area contributed by atoms with Gasteiger partial charge in [0.15, 0.2) is 6.04 Å². The molecule has 0 aromatic heterocycles. The lowest BCUT2D eigenvalue weighted by atomic mass is 9.98. The first kappa shape index (κ1) is 15.0. The van der Waals surface area contributed by atoms with Crippen LogP contribution in [0.4, 0.5) is 10.1 Å². The summed E-state index contributed by atoms with van der Waals surface area (Å²) in [6.07, 6.45) is 0.780. The summed E-state index contributed by atoms with van der Waals surface area (Å²) in [7, 11) is 1.33. The van der Waals surface area contributed by atoms with Gasteiger partial charge < -0.3 is 10.1 Å². The van der Waals surface area contributed by atoms with E-state index in [1.54, 1.807) is 18.2 Å². The first-order valence-corrected chi connectivity index (χ1v) is 6.84. The Morgan fingerprint density at radius 2 is 1.86 bits per heavy atom. The number of aryl methyl sites for hydroxylation is 1. The number of hydrogen-bond acceptors (Lipinski definition) is 3. The van der Waals surface area contributed by atoms with Gasteiger partial charge in [0.1, 0.15) is 5.82 Å². The summed E-state index contributed by atoms with van der Waals surface area (Å²) < 4.78 is 18.7. The highest BCUT2D eigenvalue weighted by Crippen LogP contribution is 2.25. The topological polar surface area (TPSA) is 38.3 Å². The Labute approximate surface area is 123 Å². The quantitative estimate of drug-likeness (QED) is 0.852. The molecule has 0 saturated heterocycles. The van der Waals surface area contributed by atoms with Crippen LogP contribution in [0.15, 0.2) is 48.5 Å². The zero-order valence-corrected chi connectivity index (χ0v) is 12.1. The van der Waals surface area contributed by atoms with Crippen molar-refractivity contribution in [1.29, 1.82) is 0 Å². The van der Waals surface area contributed by atoms with Crippen molar-refractivity contribution in [2.75, 3.05) is 12.4 Å². The van der Waals surface area contributed by atoms with Crippen LogP contribution in [0.5, 0.6) is 0 Å². The number of nitrogens with one attached hydrogen (secondary N) is 1. The molecule has 1 atom stereocenters. The maximum atomic E-state index is 13.8. The van der Waals surface area contributed by atoms with Crippen LogP contribution in [0.3, 0.4) is 0 Å². The van der Waals surface area contributed by atoms with Gasteiger partial charge in [-0.2, -0.15) is 0 Å². The molecule has 0 aliphatic heterocycles. The van der Waals surface area contributed by atoms with E-state index in [2.05, 4.69) is 5.32 Å². The van der Waals surface area contributed by atoms with Gasteiger partial charge in [-0.25, -0.2) is 9.18 Å². The minimum absolute atomic E-state index is 0.277. The molecule has 0 spiro atoms. The summed E-state index contributed by atoms with van der Waals surface area (Å²) in [5, 5.41) is 2.94. The largest absolute Gasteiger partial charge is 0.467 e. The van der Waals surface area contributed by atoms with Crippen LogP contribution >= 0.6 is 0 Å². The number of benzene rings is 2. The zero-order valence-electron chi connectivity index (χ0n) is 12.1. The van der Waals surface area contributed by atoms with E-state index in [0.29, 0.717) is 0 Å². The van der Waals surface area contributed by atoms with Gasteiger partial charge in [-0.05, 0) is 29.7 Å². The lowest BCUT2D eigenvalue weighted by Crippen LogP contribution is -2.24. The van der Waals surface area contributed by atoms with Crippen LogP contribution in [0.25, 0.3) is 0 Å². The van der Waals surface area contributed by atoms with Crippen molar-refractivity contribution in [3.05, 3.63) is 65.5 Å². The van der Waals surface area contributed by atoms with Gasteiger partial charge in [-0.1, -0.05) is 43.3 Å². The minimum Gasteiger partial charge on any atom is -0.467 e. The Morgan fingerprint density at radius 1 is 1.19 bits per heavy atom. The van der Waals surface area contributed by atoms with Gasteiger partial charge in [0.2, 0.25) is 0 Å². The van der Waals surface area contributed by atoms with E-state index >= 15 is 0 Å². The van der Waals surface area contributed by atoms with Crippen molar-refractivity contribution >= 4 is 11.7 Å². The molecule has 2 aromatic carbocycles. The van der Waals surface area contributed by atoms with Gasteiger partial charge in [-0.3, -0.25) is 0 Å². The van der Waals surface area contributed by atoms with Crippen molar-refractivity contribution in [3.8, 4) is 0 Å². The second kappa shape index (κ2) is 6.88. The third kappa shape index (κ3) is 3.40. The molecule has 1 N–H and O–H groups in total. The second-order valence-electron chi connectivity index (χ2n) is 4.63. The average molecular weight is 287 g/mol. The highest BCUT2D eigenvalue weighted by molar-refractivity contribution is 5.81. The summed E-state index contributed by atoms with van der Waals surface area (Å²) in [4.78, 5) is 12.1. The molecule has 3 nitrogen and oxygen atoms in total. The lowest BCUT2D eigenvalue weighted by Gasteiger charge is -2.20. The third-order valence-corrected chi connectivity index (χ3v) is 3.36. The second-order valence-corrected chi connectivity index (χ2v) is 4.63. The number of para-hydroxylation sites is 1. The number of hydrogen-bond donors (Lipinski definition) is 1. The zero-order chi connectivity index (χ0) is 15.2. The number of carbonyl (C=O) groups excluding carboxylic acids is 1. The van der Waals surface area contributed by atoms with Crippen molar-refractivity contribution in [2.45, 2.75) is 19.4 Å². The van der Waals surface area contributed by atoms with Crippen molar-refractivity contribution in [3.63, 3.8) is 0 Å². The van der Waals surface area contributed by atoms with E-state index in [1.807, 2.05) is 31.2 Å². The molecule has 0 amide bonds. The van der Waals surface area contributed by atoms with Crippen LogP contribution in [0, 0.1) is 5.82 Å². The molecular weight excluding hydrogens is 269 g/mol. The van der Waals surface area contributed by atoms with Gasteiger partial charge in [0.05, 0.1) is 12.8 Å². The molecule has 0 fully saturated rings. The number of esters is 1. The van der Waals surface area contributed by atoms with E-state index in [4.69, 9.17) is 4.74 Å². The van der Waals surface area contributed by atoms with Gasteiger partial charge in [-0.15, -0.1) is 0 Å². The predicted octanol–water partition coefficient (Wildman–Crippen LogP) is 3.71. The summed E-state index contributed by atoms with van der Waals surface area (Å²) >= 11 is 0. The Hall–Kier alpha value is -2.36. The summed E-state index contributed by atoms with van der Waals surface area (Å²) in [5.74, 6) is -0.848. The first-order valence-electron chi connectivity index (χ1n) is 6.84. The normalized spacial score (nSPS) is 11.8. The molecule has 0 bridgehead atoms. The maximum Gasteiger partial charge on any atom is 0.332 e. The molecule has 0 aliphatic rings. The van der Waals surface area contributed by atoms with Crippen LogP contribution < -0.4 is 5.32 Å². The average Bonchev–Trinajstić information content (AvgIpc) is 2.53. The van der Waals surface area contributed by atoms with E-state index in [9.17, 15) is 9.18 Å². The molecule has 21 heavy (non-hydrogen) atoms. The number of methoxy groups -OCH3 is 1. The van der Waals surface area contributed by atoms with Gasteiger partial charge in [0, 0.05) is 0 Å². The standard InChI is InChI=1S/C17H18FNO2/c1-3-12-8-4-5-9-13(12)16(17(20)21-2)19-15-11-7-6-10-14(15)18/h4-11,16,19H,3H2,1-2H3. The molecule has 110 valence electrons.